The predicted octanol–water partition coefficient (Wildman–Crippen LogP) is 2.15. The molecular formula is C17H19N3O. The van der Waals surface area contributed by atoms with Crippen molar-refractivity contribution in [1.82, 2.24) is 10.3 Å². The van der Waals surface area contributed by atoms with E-state index in [4.69, 9.17) is 0 Å². The van der Waals surface area contributed by atoms with E-state index in [9.17, 15) is 4.79 Å². The number of pyridine rings is 1. The number of anilines is 1. The van der Waals surface area contributed by atoms with E-state index in [-0.39, 0.29) is 5.91 Å². The van der Waals surface area contributed by atoms with Crippen molar-refractivity contribution in [2.45, 2.75) is 19.4 Å². The minimum absolute atomic E-state index is 0.196. The van der Waals surface area contributed by atoms with Crippen molar-refractivity contribution in [2.24, 2.45) is 0 Å². The molecule has 0 radical (unpaired) electrons. The van der Waals surface area contributed by atoms with Crippen LogP contribution >= 0.6 is 0 Å². The second-order valence-corrected chi connectivity index (χ2v) is 5.21. The van der Waals surface area contributed by atoms with E-state index in [2.05, 4.69) is 16.4 Å². The molecule has 4 nitrogen and oxygen atoms in total. The highest BCUT2D eigenvalue weighted by Gasteiger charge is 2.23. The number of rotatable bonds is 5. The summed E-state index contributed by atoms with van der Waals surface area (Å²) in [4.78, 5) is 18.2. The summed E-state index contributed by atoms with van der Waals surface area (Å²) in [6, 6.07) is 12.1. The molecular weight excluding hydrogens is 262 g/mol. The van der Waals surface area contributed by atoms with Crippen LogP contribution in [0.2, 0.25) is 0 Å². The van der Waals surface area contributed by atoms with Gasteiger partial charge >= 0.3 is 0 Å². The maximum atomic E-state index is 12.3. The third-order valence-corrected chi connectivity index (χ3v) is 3.78. The highest BCUT2D eigenvalue weighted by Crippen LogP contribution is 2.27. The molecule has 0 saturated heterocycles. The summed E-state index contributed by atoms with van der Waals surface area (Å²) in [5, 5.41) is 3.30. The number of nitrogens with one attached hydrogen (secondary N) is 1. The Labute approximate surface area is 124 Å². The number of aromatic nitrogens is 1. The minimum atomic E-state index is 0.196. The number of hydrogen-bond acceptors (Lipinski definition) is 3. The van der Waals surface area contributed by atoms with Crippen LogP contribution in [-0.2, 0) is 17.8 Å². The molecule has 21 heavy (non-hydrogen) atoms. The number of carbonyl (C=O) groups excluding carboxylic acids is 1. The minimum Gasteiger partial charge on any atom is -0.312 e. The first-order valence-electron chi connectivity index (χ1n) is 7.32. The van der Waals surface area contributed by atoms with E-state index in [0.29, 0.717) is 13.0 Å². The number of hydrogen-bond donors (Lipinski definition) is 1. The van der Waals surface area contributed by atoms with Gasteiger partial charge in [0, 0.05) is 44.1 Å². The molecule has 0 bridgehead atoms. The molecule has 2 aromatic rings. The van der Waals surface area contributed by atoms with Gasteiger partial charge in [0.1, 0.15) is 0 Å². The topological polar surface area (TPSA) is 45.2 Å². The molecule has 0 aliphatic carbocycles. The first kappa shape index (κ1) is 13.8. The van der Waals surface area contributed by atoms with Crippen LogP contribution in [0.1, 0.15) is 17.5 Å². The normalized spacial score (nSPS) is 13.2. The first-order valence-corrected chi connectivity index (χ1v) is 7.32. The smallest absolute Gasteiger partial charge is 0.228 e. The molecule has 1 amide bonds. The quantitative estimate of drug-likeness (QED) is 0.854. The molecule has 0 atom stereocenters. The van der Waals surface area contributed by atoms with Crippen LogP contribution in [0, 0.1) is 0 Å². The van der Waals surface area contributed by atoms with Crippen LogP contribution in [0.25, 0.3) is 0 Å². The summed E-state index contributed by atoms with van der Waals surface area (Å²) >= 11 is 0. The molecule has 1 aromatic heterocycles. The van der Waals surface area contributed by atoms with Gasteiger partial charge in [-0.05, 0) is 35.7 Å². The average molecular weight is 281 g/mol. The van der Waals surface area contributed by atoms with Crippen molar-refractivity contribution < 1.29 is 4.79 Å². The zero-order valence-corrected chi connectivity index (χ0v) is 12.0. The van der Waals surface area contributed by atoms with Gasteiger partial charge in [-0.1, -0.05) is 18.2 Å². The molecule has 3 rings (SSSR count). The molecule has 1 N–H and O–H groups in total. The Morgan fingerprint density at radius 1 is 1.19 bits per heavy atom. The molecule has 0 unspecified atom stereocenters. The second kappa shape index (κ2) is 6.50. The Balaban J connectivity index is 1.47. The first-order chi connectivity index (χ1) is 10.3. The number of nitrogens with zero attached hydrogens (tertiary/aromatic N) is 2. The number of fused-ring (bicyclic) bond motifs is 1. The zero-order chi connectivity index (χ0) is 14.5. The SMILES string of the molecule is O=C(CCNCc1ccncc1)N1CCc2ccccc21. The fourth-order valence-corrected chi connectivity index (χ4v) is 2.66. The highest BCUT2D eigenvalue weighted by atomic mass is 16.2. The molecule has 1 aliphatic heterocycles. The van der Waals surface area contributed by atoms with E-state index < -0.39 is 0 Å². The van der Waals surface area contributed by atoms with Crippen molar-refractivity contribution in [3.8, 4) is 0 Å². The molecule has 1 aromatic carbocycles. The van der Waals surface area contributed by atoms with E-state index >= 15 is 0 Å². The summed E-state index contributed by atoms with van der Waals surface area (Å²) in [5.74, 6) is 0.196. The highest BCUT2D eigenvalue weighted by molar-refractivity contribution is 5.95. The van der Waals surface area contributed by atoms with Crippen LogP contribution in [-0.4, -0.2) is 24.0 Å². The molecule has 0 spiro atoms. The van der Waals surface area contributed by atoms with E-state index in [0.717, 1.165) is 25.2 Å². The number of para-hydroxylation sites is 1. The van der Waals surface area contributed by atoms with Gasteiger partial charge in [0.25, 0.3) is 0 Å². The summed E-state index contributed by atoms with van der Waals surface area (Å²) in [5.41, 5.74) is 3.54. The fraction of sp³-hybridized carbons (Fsp3) is 0.294. The van der Waals surface area contributed by atoms with Crippen LogP contribution in [0.15, 0.2) is 48.8 Å². The Morgan fingerprint density at radius 2 is 2.00 bits per heavy atom. The average Bonchev–Trinajstić information content (AvgIpc) is 2.96. The van der Waals surface area contributed by atoms with Crippen LogP contribution in [0.4, 0.5) is 5.69 Å². The van der Waals surface area contributed by atoms with Gasteiger partial charge < -0.3 is 10.2 Å². The molecule has 4 heteroatoms. The largest absolute Gasteiger partial charge is 0.312 e. The Hall–Kier alpha value is -2.20. The van der Waals surface area contributed by atoms with E-state index in [1.165, 1.54) is 11.1 Å². The Morgan fingerprint density at radius 3 is 2.86 bits per heavy atom. The lowest BCUT2D eigenvalue weighted by Gasteiger charge is -2.17. The second-order valence-electron chi connectivity index (χ2n) is 5.21. The van der Waals surface area contributed by atoms with Gasteiger partial charge in [0.2, 0.25) is 5.91 Å². The monoisotopic (exact) mass is 281 g/mol. The number of carbonyl (C=O) groups is 1. The zero-order valence-electron chi connectivity index (χ0n) is 12.0. The predicted molar refractivity (Wildman–Crippen MR) is 83.1 cm³/mol. The third-order valence-electron chi connectivity index (χ3n) is 3.78. The van der Waals surface area contributed by atoms with Gasteiger partial charge in [0.05, 0.1) is 0 Å². The summed E-state index contributed by atoms with van der Waals surface area (Å²) in [6.45, 7) is 2.27. The van der Waals surface area contributed by atoms with Gasteiger partial charge in [-0.3, -0.25) is 9.78 Å². The number of amides is 1. The Kier molecular flexibility index (Phi) is 4.26. The lowest BCUT2D eigenvalue weighted by atomic mass is 10.2. The fourth-order valence-electron chi connectivity index (χ4n) is 2.66. The summed E-state index contributed by atoms with van der Waals surface area (Å²) < 4.78 is 0. The van der Waals surface area contributed by atoms with Crippen LogP contribution in [0.5, 0.6) is 0 Å². The van der Waals surface area contributed by atoms with Gasteiger partial charge in [-0.15, -0.1) is 0 Å². The molecule has 2 heterocycles. The van der Waals surface area contributed by atoms with Crippen molar-refractivity contribution in [3.05, 3.63) is 59.9 Å². The lowest BCUT2D eigenvalue weighted by molar-refractivity contribution is -0.118. The summed E-state index contributed by atoms with van der Waals surface area (Å²) in [6.07, 6.45) is 5.05. The van der Waals surface area contributed by atoms with Gasteiger partial charge in [0.15, 0.2) is 0 Å². The molecule has 0 fully saturated rings. The number of benzene rings is 1. The van der Waals surface area contributed by atoms with E-state index in [1.54, 1.807) is 12.4 Å². The van der Waals surface area contributed by atoms with Crippen molar-refractivity contribution in [3.63, 3.8) is 0 Å². The summed E-state index contributed by atoms with van der Waals surface area (Å²) in [7, 11) is 0. The van der Waals surface area contributed by atoms with Crippen molar-refractivity contribution >= 4 is 11.6 Å². The van der Waals surface area contributed by atoms with Crippen LogP contribution < -0.4 is 10.2 Å². The molecule has 108 valence electrons. The van der Waals surface area contributed by atoms with Gasteiger partial charge in [-0.2, -0.15) is 0 Å². The van der Waals surface area contributed by atoms with Crippen LogP contribution in [0.3, 0.4) is 0 Å². The lowest BCUT2D eigenvalue weighted by Crippen LogP contribution is -2.31. The van der Waals surface area contributed by atoms with Gasteiger partial charge in [-0.25, -0.2) is 0 Å². The maximum Gasteiger partial charge on any atom is 0.228 e. The third kappa shape index (κ3) is 3.28. The molecule has 0 saturated carbocycles. The van der Waals surface area contributed by atoms with Crippen molar-refractivity contribution in [1.29, 1.82) is 0 Å². The van der Waals surface area contributed by atoms with Crippen molar-refractivity contribution in [2.75, 3.05) is 18.0 Å². The maximum absolute atomic E-state index is 12.3. The Bertz CT molecular complexity index is 612. The molecule has 1 aliphatic rings. The van der Waals surface area contributed by atoms with E-state index in [1.807, 2.05) is 35.2 Å². The standard InChI is InChI=1S/C17H19N3O/c21-17(7-11-19-13-14-5-9-18-10-6-14)20-12-8-15-3-1-2-4-16(15)20/h1-6,9-10,19H,7-8,11-13H2.